The lowest BCUT2D eigenvalue weighted by molar-refractivity contribution is -0.137. The van der Waals surface area contributed by atoms with Crippen LogP contribution >= 0.6 is 0 Å². The fourth-order valence-electron chi connectivity index (χ4n) is 3.84. The van der Waals surface area contributed by atoms with E-state index in [-0.39, 0.29) is 28.2 Å². The van der Waals surface area contributed by atoms with Crippen molar-refractivity contribution in [2.24, 2.45) is 0 Å². The molecule has 0 saturated carbocycles. The summed E-state index contributed by atoms with van der Waals surface area (Å²) in [4.78, 5) is 18.1. The predicted molar refractivity (Wildman–Crippen MR) is 127 cm³/mol. The maximum Gasteiger partial charge on any atom is 0.416 e. The van der Waals surface area contributed by atoms with Gasteiger partial charge >= 0.3 is 6.18 Å². The van der Waals surface area contributed by atoms with E-state index in [0.29, 0.717) is 23.0 Å². The average molecular weight is 492 g/mol. The third-order valence-electron chi connectivity index (χ3n) is 5.91. The van der Waals surface area contributed by atoms with Crippen LogP contribution in [-0.4, -0.2) is 29.7 Å². The van der Waals surface area contributed by atoms with Gasteiger partial charge in [0.1, 0.15) is 17.0 Å². The molecule has 36 heavy (non-hydrogen) atoms. The summed E-state index contributed by atoms with van der Waals surface area (Å²) < 4.78 is 56.2. The Morgan fingerprint density at radius 3 is 2.31 bits per heavy atom. The first-order valence-electron chi connectivity index (χ1n) is 11.2. The molecular weight excluding hydrogens is 472 g/mol. The van der Waals surface area contributed by atoms with Crippen LogP contribution in [0, 0.1) is 19.7 Å². The van der Waals surface area contributed by atoms with Crippen molar-refractivity contribution < 1.29 is 17.6 Å². The lowest BCUT2D eigenvalue weighted by atomic mass is 10.0. The molecule has 10 heteroatoms. The first kappa shape index (κ1) is 23.5. The largest absolute Gasteiger partial charge is 0.416 e. The highest BCUT2D eigenvalue weighted by Crippen LogP contribution is 2.35. The minimum Gasteiger partial charge on any atom is -0.272 e. The Balaban J connectivity index is 1.71. The second kappa shape index (κ2) is 8.78. The maximum atomic E-state index is 15.0. The van der Waals surface area contributed by atoms with Gasteiger partial charge in [0.15, 0.2) is 11.5 Å². The smallest absolute Gasteiger partial charge is 0.272 e. The van der Waals surface area contributed by atoms with Crippen LogP contribution in [0.4, 0.5) is 17.6 Å². The van der Waals surface area contributed by atoms with E-state index in [1.54, 1.807) is 30.8 Å². The van der Waals surface area contributed by atoms with E-state index >= 15 is 4.39 Å². The third kappa shape index (κ3) is 4.30. The summed E-state index contributed by atoms with van der Waals surface area (Å²) in [6, 6.07) is 9.79. The molecule has 3 aromatic heterocycles. The number of aryl methyl sites for hydroxylation is 3. The fourth-order valence-corrected chi connectivity index (χ4v) is 3.84. The molecule has 0 aliphatic heterocycles. The number of hydrogen-bond acceptors (Lipinski definition) is 5. The van der Waals surface area contributed by atoms with Gasteiger partial charge in [-0.2, -0.15) is 18.3 Å². The third-order valence-corrected chi connectivity index (χ3v) is 5.91. The van der Waals surface area contributed by atoms with Gasteiger partial charge in [-0.05, 0) is 50.6 Å². The number of rotatable bonds is 4. The molecule has 0 saturated heterocycles. The summed E-state index contributed by atoms with van der Waals surface area (Å²) in [5.41, 5.74) is 2.93. The zero-order valence-corrected chi connectivity index (χ0v) is 19.6. The fraction of sp³-hybridized carbons (Fsp3) is 0.192. The molecule has 0 N–H and O–H groups in total. The average Bonchev–Trinajstić information content (AvgIpc) is 3.33. The van der Waals surface area contributed by atoms with E-state index in [1.165, 1.54) is 0 Å². The summed E-state index contributed by atoms with van der Waals surface area (Å²) >= 11 is 0. The van der Waals surface area contributed by atoms with E-state index in [0.717, 1.165) is 29.8 Å². The van der Waals surface area contributed by atoms with Crippen molar-refractivity contribution in [1.82, 2.24) is 29.7 Å². The lowest BCUT2D eigenvalue weighted by Crippen LogP contribution is -2.06. The predicted octanol–water partition coefficient (Wildman–Crippen LogP) is 6.41. The number of halogens is 4. The maximum absolute atomic E-state index is 15.0. The van der Waals surface area contributed by atoms with Crippen molar-refractivity contribution in [3.63, 3.8) is 0 Å². The first-order chi connectivity index (χ1) is 17.1. The minimum atomic E-state index is -4.67. The minimum absolute atomic E-state index is 0.0704. The Morgan fingerprint density at radius 1 is 0.861 bits per heavy atom. The summed E-state index contributed by atoms with van der Waals surface area (Å²) in [5.74, 6) is -0.810. The highest BCUT2D eigenvalue weighted by molar-refractivity contribution is 5.89. The van der Waals surface area contributed by atoms with E-state index < -0.39 is 17.6 Å². The molecule has 0 radical (unpaired) electrons. The van der Waals surface area contributed by atoms with Crippen LogP contribution in [0.3, 0.4) is 0 Å². The molecule has 3 heterocycles. The van der Waals surface area contributed by atoms with Crippen molar-refractivity contribution in [2.45, 2.75) is 33.5 Å². The number of nitrogens with zero attached hydrogens (tertiary/aromatic N) is 6. The Hall–Kier alpha value is -4.21. The molecule has 0 unspecified atom stereocenters. The molecule has 5 rings (SSSR count). The number of alkyl halides is 3. The SMILES string of the molecule is CCn1cc(-c2cccc(-c3nc(-c4ccc(C(F)(F)F)cc4F)c4nc(C)c(C)nc4n3)c2)cn1. The molecule has 6 nitrogen and oxygen atoms in total. The highest BCUT2D eigenvalue weighted by atomic mass is 19.4. The van der Waals surface area contributed by atoms with E-state index in [2.05, 4.69) is 25.0 Å². The molecule has 0 amide bonds. The number of hydrogen-bond donors (Lipinski definition) is 0. The van der Waals surface area contributed by atoms with Crippen LogP contribution in [0.2, 0.25) is 0 Å². The van der Waals surface area contributed by atoms with Crippen LogP contribution in [-0.2, 0) is 12.7 Å². The van der Waals surface area contributed by atoms with Gasteiger partial charge in [0.2, 0.25) is 0 Å². The number of aromatic nitrogens is 6. The van der Waals surface area contributed by atoms with Crippen LogP contribution in [0.5, 0.6) is 0 Å². The molecule has 0 aliphatic carbocycles. The van der Waals surface area contributed by atoms with Gasteiger partial charge in [0.05, 0.1) is 23.1 Å². The van der Waals surface area contributed by atoms with Gasteiger partial charge in [0, 0.05) is 29.4 Å². The Labute approximate surface area is 203 Å². The van der Waals surface area contributed by atoms with Crippen LogP contribution in [0.1, 0.15) is 23.9 Å². The van der Waals surface area contributed by atoms with Crippen LogP contribution in [0.25, 0.3) is 44.9 Å². The van der Waals surface area contributed by atoms with Gasteiger partial charge in [-0.3, -0.25) is 4.68 Å². The van der Waals surface area contributed by atoms with E-state index in [1.807, 2.05) is 31.3 Å². The molecule has 182 valence electrons. The monoisotopic (exact) mass is 492 g/mol. The van der Waals surface area contributed by atoms with Crippen molar-refractivity contribution >= 4 is 11.2 Å². The second-order valence-electron chi connectivity index (χ2n) is 8.32. The summed E-state index contributed by atoms with van der Waals surface area (Å²) in [6.07, 6.45) is -0.997. The zero-order chi connectivity index (χ0) is 25.6. The van der Waals surface area contributed by atoms with Crippen molar-refractivity contribution in [1.29, 1.82) is 0 Å². The topological polar surface area (TPSA) is 69.4 Å². The molecule has 0 fully saturated rings. The van der Waals surface area contributed by atoms with Crippen LogP contribution < -0.4 is 0 Å². The van der Waals surface area contributed by atoms with Crippen molar-refractivity contribution in [3.05, 3.63) is 77.6 Å². The second-order valence-corrected chi connectivity index (χ2v) is 8.32. The lowest BCUT2D eigenvalue weighted by Gasteiger charge is -2.12. The molecule has 0 bridgehead atoms. The molecular formula is C26H20F4N6. The highest BCUT2D eigenvalue weighted by Gasteiger charge is 2.31. The summed E-state index contributed by atoms with van der Waals surface area (Å²) in [7, 11) is 0. The van der Waals surface area contributed by atoms with Gasteiger partial charge in [-0.15, -0.1) is 0 Å². The normalized spacial score (nSPS) is 11.9. The van der Waals surface area contributed by atoms with Crippen LogP contribution in [0.15, 0.2) is 54.9 Å². The van der Waals surface area contributed by atoms with E-state index in [9.17, 15) is 13.2 Å². The molecule has 0 atom stereocenters. The molecule has 0 aliphatic rings. The molecule has 2 aromatic carbocycles. The Morgan fingerprint density at radius 2 is 1.61 bits per heavy atom. The van der Waals surface area contributed by atoms with Gasteiger partial charge in [-0.25, -0.2) is 24.3 Å². The number of benzene rings is 2. The van der Waals surface area contributed by atoms with Gasteiger partial charge < -0.3 is 0 Å². The first-order valence-corrected chi connectivity index (χ1v) is 11.2. The molecule has 0 spiro atoms. The Kier molecular flexibility index (Phi) is 5.74. The standard InChI is InChI=1S/C26H20F4N6/c1-4-36-13-18(12-31-36)16-6-5-7-17(10-16)24-34-22(23-25(35-24)33-15(3)14(2)32-23)20-9-8-19(11-21(20)27)26(28,29)30/h5-13H,4H2,1-3H3. The summed E-state index contributed by atoms with van der Waals surface area (Å²) in [6.45, 7) is 6.23. The van der Waals surface area contributed by atoms with Crippen molar-refractivity contribution in [3.8, 4) is 33.8 Å². The quantitative estimate of drug-likeness (QED) is 0.271. The van der Waals surface area contributed by atoms with Gasteiger partial charge in [0.25, 0.3) is 0 Å². The van der Waals surface area contributed by atoms with E-state index in [4.69, 9.17) is 0 Å². The van der Waals surface area contributed by atoms with Crippen molar-refractivity contribution in [2.75, 3.05) is 0 Å². The zero-order valence-electron chi connectivity index (χ0n) is 19.6. The Bertz CT molecular complexity index is 1610. The van der Waals surface area contributed by atoms with Gasteiger partial charge in [-0.1, -0.05) is 18.2 Å². The molecule has 5 aromatic rings. The summed E-state index contributed by atoms with van der Waals surface area (Å²) in [5, 5.41) is 4.31. The number of fused-ring (bicyclic) bond motifs is 1.